The molecule has 0 saturated heterocycles. The van der Waals surface area contributed by atoms with E-state index in [1.54, 1.807) is 0 Å². The van der Waals surface area contributed by atoms with E-state index in [0.29, 0.717) is 0 Å². The van der Waals surface area contributed by atoms with Crippen molar-refractivity contribution >= 4 is 103 Å². The number of nitrogens with zero attached hydrogens (tertiary/aromatic N) is 2. The summed E-state index contributed by atoms with van der Waals surface area (Å²) >= 11 is 1.89. The monoisotopic (exact) mass is 666 g/mol. The highest BCUT2D eigenvalue weighted by Gasteiger charge is 2.21. The Morgan fingerprint density at radius 2 is 1.02 bits per heavy atom. The minimum atomic E-state index is 1.13. The van der Waals surface area contributed by atoms with Gasteiger partial charge in [-0.05, 0) is 99.0 Å². The first-order valence-corrected chi connectivity index (χ1v) is 18.2. The summed E-state index contributed by atoms with van der Waals surface area (Å²) in [6.45, 7) is 0. The van der Waals surface area contributed by atoms with Crippen LogP contribution in [-0.2, 0) is 0 Å². The number of thiophene rings is 1. The number of fused-ring (bicyclic) bond motifs is 10. The molecule has 2 nitrogen and oxygen atoms in total. The molecule has 0 aliphatic carbocycles. The van der Waals surface area contributed by atoms with Gasteiger partial charge < -0.3 is 9.47 Å². The fourth-order valence-corrected chi connectivity index (χ4v) is 9.40. The van der Waals surface area contributed by atoms with Gasteiger partial charge in [-0.25, -0.2) is 0 Å². The van der Waals surface area contributed by atoms with Crippen molar-refractivity contribution in [2.75, 3.05) is 4.90 Å². The summed E-state index contributed by atoms with van der Waals surface area (Å²) in [7, 11) is 0. The second-order valence-electron chi connectivity index (χ2n) is 13.4. The van der Waals surface area contributed by atoms with Gasteiger partial charge in [-0.2, -0.15) is 0 Å². The van der Waals surface area contributed by atoms with Crippen LogP contribution in [0, 0.1) is 0 Å². The highest BCUT2D eigenvalue weighted by atomic mass is 32.1. The highest BCUT2D eigenvalue weighted by molar-refractivity contribution is 7.26. The zero-order chi connectivity index (χ0) is 33.5. The summed E-state index contributed by atoms with van der Waals surface area (Å²) < 4.78 is 5.01. The summed E-state index contributed by atoms with van der Waals surface area (Å²) in [6, 6.07) is 66.8. The highest BCUT2D eigenvalue weighted by Crippen LogP contribution is 2.47. The molecule has 0 fully saturated rings. The van der Waals surface area contributed by atoms with Crippen LogP contribution in [0.25, 0.3) is 80.0 Å². The lowest BCUT2D eigenvalue weighted by Gasteiger charge is -2.26. The van der Waals surface area contributed by atoms with Crippen LogP contribution in [0.5, 0.6) is 0 Å². The molecular weight excluding hydrogens is 637 g/mol. The molecule has 238 valence electrons. The molecule has 0 bridgehead atoms. The van der Waals surface area contributed by atoms with Crippen LogP contribution in [0.3, 0.4) is 0 Å². The van der Waals surface area contributed by atoms with Gasteiger partial charge in [-0.15, -0.1) is 11.3 Å². The number of rotatable bonds is 4. The van der Waals surface area contributed by atoms with Gasteiger partial charge in [-0.3, -0.25) is 0 Å². The lowest BCUT2D eigenvalue weighted by Crippen LogP contribution is -2.10. The molecule has 0 spiro atoms. The van der Waals surface area contributed by atoms with Gasteiger partial charge in [0.1, 0.15) is 0 Å². The van der Waals surface area contributed by atoms with E-state index in [0.717, 1.165) is 17.1 Å². The first-order chi connectivity index (χ1) is 25.3. The largest absolute Gasteiger partial charge is 0.309 e. The maximum atomic E-state index is 2.47. The van der Waals surface area contributed by atoms with Gasteiger partial charge >= 0.3 is 0 Å². The van der Waals surface area contributed by atoms with E-state index in [-0.39, 0.29) is 0 Å². The van der Waals surface area contributed by atoms with Crippen molar-refractivity contribution < 1.29 is 0 Å². The molecule has 0 unspecified atom stereocenters. The third kappa shape index (κ3) is 4.35. The Morgan fingerprint density at radius 3 is 1.86 bits per heavy atom. The molecule has 0 N–H and O–H groups in total. The average molecular weight is 667 g/mol. The first-order valence-electron chi connectivity index (χ1n) is 17.4. The molecule has 0 amide bonds. The number of hydrogen-bond donors (Lipinski definition) is 0. The summed E-state index contributed by atoms with van der Waals surface area (Å²) in [6.07, 6.45) is 0. The van der Waals surface area contributed by atoms with Gasteiger partial charge in [0.05, 0.1) is 21.4 Å². The summed E-state index contributed by atoms with van der Waals surface area (Å²) in [5, 5.41) is 12.6. The maximum absolute atomic E-state index is 2.47. The van der Waals surface area contributed by atoms with Gasteiger partial charge in [0.25, 0.3) is 0 Å². The van der Waals surface area contributed by atoms with Gasteiger partial charge in [0.15, 0.2) is 0 Å². The van der Waals surface area contributed by atoms with Gasteiger partial charge in [0, 0.05) is 43.3 Å². The van der Waals surface area contributed by atoms with E-state index >= 15 is 0 Å². The van der Waals surface area contributed by atoms with E-state index in [1.807, 2.05) is 11.3 Å². The number of aromatic nitrogens is 1. The molecule has 0 aliphatic heterocycles. The fourth-order valence-electron chi connectivity index (χ4n) is 8.16. The Morgan fingerprint density at radius 1 is 0.392 bits per heavy atom. The van der Waals surface area contributed by atoms with E-state index in [9.17, 15) is 0 Å². The quantitative estimate of drug-likeness (QED) is 0.181. The first kappa shape index (κ1) is 28.4. The molecule has 2 aromatic heterocycles. The molecule has 0 saturated carbocycles. The fraction of sp³-hybridized carbons (Fsp3) is 0. The van der Waals surface area contributed by atoms with Crippen LogP contribution >= 0.6 is 11.3 Å². The predicted octanol–water partition coefficient (Wildman–Crippen LogP) is 14.1. The van der Waals surface area contributed by atoms with Crippen molar-refractivity contribution in [2.45, 2.75) is 0 Å². The van der Waals surface area contributed by atoms with Crippen molar-refractivity contribution in [2.24, 2.45) is 0 Å². The standard InChI is InChI=1S/C48H30N2S/c1-2-16-36(17-3-1)50-43-26-24-38(30-42(43)47-39-18-9-8-12-32(39)22-25-44(47)50)49(37-23-21-31-11-4-5-13-33(31)27-37)45-20-10-19-40-41-28-34-14-6-7-15-35(34)29-46(41)51-48(40)45/h1-30H. The molecule has 9 aromatic carbocycles. The average Bonchev–Trinajstić information content (AvgIpc) is 3.73. The van der Waals surface area contributed by atoms with Crippen molar-refractivity contribution in [3.63, 3.8) is 0 Å². The minimum absolute atomic E-state index is 1.13. The SMILES string of the molecule is c1ccc(-n2c3ccc(N(c4ccc5ccccc5c4)c4cccc5c4sc4cc6ccccc6cc45)cc3c3c4ccccc4ccc32)cc1. The molecule has 51 heavy (non-hydrogen) atoms. The van der Waals surface area contributed by atoms with Crippen LogP contribution < -0.4 is 4.90 Å². The van der Waals surface area contributed by atoms with Gasteiger partial charge in [0.2, 0.25) is 0 Å². The molecule has 11 aromatic rings. The predicted molar refractivity (Wildman–Crippen MR) is 221 cm³/mol. The normalized spacial score (nSPS) is 11.9. The Balaban J connectivity index is 1.23. The molecule has 0 radical (unpaired) electrons. The maximum Gasteiger partial charge on any atom is 0.0640 e. The second-order valence-corrected chi connectivity index (χ2v) is 14.4. The topological polar surface area (TPSA) is 8.17 Å². The van der Waals surface area contributed by atoms with Crippen molar-refractivity contribution in [1.82, 2.24) is 4.57 Å². The van der Waals surface area contributed by atoms with Crippen molar-refractivity contribution in [3.05, 3.63) is 182 Å². The third-order valence-electron chi connectivity index (χ3n) is 10.5. The molecule has 11 rings (SSSR count). The number of benzene rings is 9. The zero-order valence-electron chi connectivity index (χ0n) is 27.6. The lowest BCUT2D eigenvalue weighted by atomic mass is 10.0. The minimum Gasteiger partial charge on any atom is -0.309 e. The summed E-state index contributed by atoms with van der Waals surface area (Å²) in [4.78, 5) is 2.47. The number of anilines is 3. The number of hydrogen-bond acceptors (Lipinski definition) is 2. The molecule has 0 aliphatic rings. The van der Waals surface area contributed by atoms with Crippen molar-refractivity contribution in [1.29, 1.82) is 0 Å². The Labute approximate surface area is 298 Å². The van der Waals surface area contributed by atoms with Crippen LogP contribution in [0.1, 0.15) is 0 Å². The Hall–Kier alpha value is -6.42. The van der Waals surface area contributed by atoms with E-state index < -0.39 is 0 Å². The summed E-state index contributed by atoms with van der Waals surface area (Å²) in [5.41, 5.74) is 7.02. The molecular formula is C48H30N2S. The van der Waals surface area contributed by atoms with Gasteiger partial charge in [-0.1, -0.05) is 115 Å². The molecule has 2 heterocycles. The number of para-hydroxylation sites is 1. The van der Waals surface area contributed by atoms with Crippen LogP contribution in [0.15, 0.2) is 182 Å². The molecule has 0 atom stereocenters. The zero-order valence-corrected chi connectivity index (χ0v) is 28.4. The Bertz CT molecular complexity index is 3150. The van der Waals surface area contributed by atoms with Crippen LogP contribution in [0.4, 0.5) is 17.1 Å². The second kappa shape index (κ2) is 11.0. The smallest absolute Gasteiger partial charge is 0.0640 e. The van der Waals surface area contributed by atoms with Crippen LogP contribution in [0.2, 0.25) is 0 Å². The van der Waals surface area contributed by atoms with E-state index in [4.69, 9.17) is 0 Å². The van der Waals surface area contributed by atoms with E-state index in [1.165, 1.54) is 80.0 Å². The van der Waals surface area contributed by atoms with E-state index in [2.05, 4.69) is 191 Å². The third-order valence-corrected chi connectivity index (χ3v) is 11.7. The Kier molecular flexibility index (Phi) is 6.16. The van der Waals surface area contributed by atoms with Crippen molar-refractivity contribution in [3.8, 4) is 5.69 Å². The van der Waals surface area contributed by atoms with Crippen LogP contribution in [-0.4, -0.2) is 4.57 Å². The lowest BCUT2D eigenvalue weighted by molar-refractivity contribution is 1.18. The summed E-state index contributed by atoms with van der Waals surface area (Å²) in [5.74, 6) is 0. The molecule has 3 heteroatoms.